The zero-order chi connectivity index (χ0) is 24.1. The van der Waals surface area contributed by atoms with E-state index in [4.69, 9.17) is 13.9 Å². The summed E-state index contributed by atoms with van der Waals surface area (Å²) in [5, 5.41) is 5.04. The van der Waals surface area contributed by atoms with Gasteiger partial charge in [0.1, 0.15) is 11.3 Å². The van der Waals surface area contributed by atoms with Crippen LogP contribution in [0.2, 0.25) is 18.1 Å². The molecule has 30 heavy (non-hydrogen) atoms. The molecule has 0 fully saturated rings. The van der Waals surface area contributed by atoms with Crippen molar-refractivity contribution in [1.82, 2.24) is 10.6 Å². The van der Waals surface area contributed by atoms with E-state index >= 15 is 0 Å². The lowest BCUT2D eigenvalue weighted by Gasteiger charge is -2.40. The highest BCUT2D eigenvalue weighted by atomic mass is 28.4. The summed E-state index contributed by atoms with van der Waals surface area (Å²) in [4.78, 5) is 37.4. The van der Waals surface area contributed by atoms with Crippen LogP contribution in [0.4, 0.5) is 4.79 Å². The summed E-state index contributed by atoms with van der Waals surface area (Å²) in [6.07, 6.45) is -1.38. The van der Waals surface area contributed by atoms with Crippen molar-refractivity contribution in [3.05, 3.63) is 11.3 Å². The van der Waals surface area contributed by atoms with Crippen LogP contribution in [-0.4, -0.2) is 51.1 Å². The van der Waals surface area contributed by atoms with Gasteiger partial charge in [-0.05, 0) is 65.2 Å². The SMILES string of the molecule is COC(=O)[C@@H](NC(=O)C(NC(=O)OC(C)(C)C)=C(C)C)[C@@H](C)O[Si](C)(C)C(C)(C)C. The minimum atomic E-state index is -2.20. The Kier molecular flexibility index (Phi) is 9.78. The molecule has 0 saturated heterocycles. The van der Waals surface area contributed by atoms with Crippen molar-refractivity contribution in [2.24, 2.45) is 0 Å². The Morgan fingerprint density at radius 3 is 1.83 bits per heavy atom. The van der Waals surface area contributed by atoms with Crippen LogP contribution in [0.25, 0.3) is 0 Å². The van der Waals surface area contributed by atoms with Crippen LogP contribution in [-0.2, 0) is 23.5 Å². The number of ether oxygens (including phenoxy) is 2. The molecule has 0 aromatic rings. The van der Waals surface area contributed by atoms with E-state index in [0.717, 1.165) is 0 Å². The van der Waals surface area contributed by atoms with Gasteiger partial charge in [-0.1, -0.05) is 20.8 Å². The fourth-order valence-electron chi connectivity index (χ4n) is 2.23. The topological polar surface area (TPSA) is 103 Å². The lowest BCUT2D eigenvalue weighted by atomic mass is 10.1. The molecule has 0 aliphatic rings. The Morgan fingerprint density at radius 2 is 1.47 bits per heavy atom. The summed E-state index contributed by atoms with van der Waals surface area (Å²) in [6, 6.07) is -1.04. The number of nitrogens with one attached hydrogen (secondary N) is 2. The van der Waals surface area contributed by atoms with Gasteiger partial charge in [-0.3, -0.25) is 10.1 Å². The number of rotatable bonds is 7. The Bertz CT molecular complexity index is 670. The summed E-state index contributed by atoms with van der Waals surface area (Å²) in [5.41, 5.74) is -0.148. The van der Waals surface area contributed by atoms with E-state index in [1.54, 1.807) is 41.5 Å². The highest BCUT2D eigenvalue weighted by Gasteiger charge is 2.41. The first-order valence-electron chi connectivity index (χ1n) is 10.1. The molecule has 0 heterocycles. The molecular weight excluding hydrogens is 404 g/mol. The van der Waals surface area contributed by atoms with Crippen LogP contribution in [0.15, 0.2) is 11.3 Å². The van der Waals surface area contributed by atoms with Crippen molar-refractivity contribution in [1.29, 1.82) is 0 Å². The highest BCUT2D eigenvalue weighted by Crippen LogP contribution is 2.37. The van der Waals surface area contributed by atoms with Crippen LogP contribution < -0.4 is 10.6 Å². The first-order chi connectivity index (χ1) is 13.3. The standard InChI is InChI=1S/C21H40N2O6Si/c1-13(2)15(23-19(26)28-20(4,5)6)17(24)22-16(18(25)27-10)14(3)29-30(11,12)21(7,8)9/h14,16H,1-12H3,(H,22,24)(H,23,26)/t14-,16+/m1/s1. The third kappa shape index (κ3) is 8.87. The van der Waals surface area contributed by atoms with E-state index in [1.165, 1.54) is 7.11 Å². The number of methoxy groups -OCH3 is 1. The highest BCUT2D eigenvalue weighted by molar-refractivity contribution is 6.74. The normalized spacial score (nSPS) is 14.3. The average Bonchev–Trinajstić information content (AvgIpc) is 2.53. The van der Waals surface area contributed by atoms with Gasteiger partial charge in [-0.25, -0.2) is 9.59 Å². The maximum Gasteiger partial charge on any atom is 0.412 e. The lowest BCUT2D eigenvalue weighted by Crippen LogP contribution is -2.55. The van der Waals surface area contributed by atoms with Crippen molar-refractivity contribution in [2.45, 2.75) is 98.2 Å². The van der Waals surface area contributed by atoms with Crippen molar-refractivity contribution in [2.75, 3.05) is 7.11 Å². The Hall–Kier alpha value is -1.87. The molecule has 0 rings (SSSR count). The number of carbonyl (C=O) groups is 3. The molecule has 0 aromatic carbocycles. The summed E-state index contributed by atoms with van der Waals surface area (Å²) in [6.45, 7) is 20.6. The van der Waals surface area contributed by atoms with Crippen molar-refractivity contribution in [3.63, 3.8) is 0 Å². The molecule has 9 heteroatoms. The number of allylic oxidation sites excluding steroid dienone is 1. The fraction of sp³-hybridized carbons (Fsp3) is 0.762. The van der Waals surface area contributed by atoms with Gasteiger partial charge < -0.3 is 19.2 Å². The van der Waals surface area contributed by atoms with E-state index in [0.29, 0.717) is 5.57 Å². The Labute approximate surface area is 182 Å². The Balaban J connectivity index is 5.59. The van der Waals surface area contributed by atoms with Crippen LogP contribution in [0, 0.1) is 0 Å². The molecule has 8 nitrogen and oxygen atoms in total. The molecule has 0 aliphatic carbocycles. The largest absolute Gasteiger partial charge is 0.467 e. The van der Waals surface area contributed by atoms with Gasteiger partial charge in [0.05, 0.1) is 13.2 Å². The quantitative estimate of drug-likeness (QED) is 0.351. The molecular formula is C21H40N2O6Si. The molecule has 0 spiro atoms. The minimum absolute atomic E-state index is 0.0117. The number of alkyl carbamates (subject to hydrolysis) is 1. The Morgan fingerprint density at radius 1 is 0.967 bits per heavy atom. The smallest absolute Gasteiger partial charge is 0.412 e. The second-order valence-corrected chi connectivity index (χ2v) is 14.8. The maximum absolute atomic E-state index is 12.9. The van der Waals surface area contributed by atoms with Crippen LogP contribution >= 0.6 is 0 Å². The van der Waals surface area contributed by atoms with E-state index < -0.39 is 44.0 Å². The summed E-state index contributed by atoms with van der Waals surface area (Å²) in [7, 11) is -0.952. The third-order valence-corrected chi connectivity index (χ3v) is 9.42. The van der Waals surface area contributed by atoms with E-state index in [-0.39, 0.29) is 10.7 Å². The van der Waals surface area contributed by atoms with Crippen molar-refractivity contribution in [3.8, 4) is 0 Å². The number of hydrogen-bond acceptors (Lipinski definition) is 6. The van der Waals surface area contributed by atoms with Gasteiger partial charge in [-0.2, -0.15) is 0 Å². The van der Waals surface area contributed by atoms with Gasteiger partial charge >= 0.3 is 12.1 Å². The minimum Gasteiger partial charge on any atom is -0.467 e. The van der Waals surface area contributed by atoms with Crippen LogP contribution in [0.5, 0.6) is 0 Å². The first-order valence-corrected chi connectivity index (χ1v) is 13.0. The first kappa shape index (κ1) is 28.1. The molecule has 2 atom stereocenters. The molecule has 0 unspecified atom stereocenters. The monoisotopic (exact) mass is 444 g/mol. The zero-order valence-corrected chi connectivity index (χ0v) is 21.6. The number of esters is 1. The van der Waals surface area contributed by atoms with E-state index in [2.05, 4.69) is 44.5 Å². The van der Waals surface area contributed by atoms with Gasteiger partial charge in [0, 0.05) is 0 Å². The van der Waals surface area contributed by atoms with Crippen LogP contribution in [0.3, 0.4) is 0 Å². The summed E-state index contributed by atoms with van der Waals surface area (Å²) < 4.78 is 16.4. The molecule has 0 aliphatic heterocycles. The van der Waals surface area contributed by atoms with Crippen molar-refractivity contribution >= 4 is 26.3 Å². The molecule has 0 bridgehead atoms. The zero-order valence-electron chi connectivity index (χ0n) is 20.6. The predicted molar refractivity (Wildman–Crippen MR) is 119 cm³/mol. The number of carbonyl (C=O) groups excluding carboxylic acids is 3. The van der Waals surface area contributed by atoms with Crippen LogP contribution in [0.1, 0.15) is 62.3 Å². The predicted octanol–water partition coefficient (Wildman–Crippen LogP) is 3.87. The molecule has 2 N–H and O–H groups in total. The van der Waals surface area contributed by atoms with Crippen molar-refractivity contribution < 1.29 is 28.3 Å². The summed E-state index contributed by atoms with van der Waals surface area (Å²) in [5.74, 6) is -1.25. The van der Waals surface area contributed by atoms with E-state index in [9.17, 15) is 14.4 Å². The third-order valence-electron chi connectivity index (χ3n) is 4.85. The molecule has 0 saturated carbocycles. The van der Waals surface area contributed by atoms with E-state index in [1.807, 2.05) is 0 Å². The van der Waals surface area contributed by atoms with Gasteiger partial charge in [0.2, 0.25) is 0 Å². The molecule has 174 valence electrons. The number of hydrogen-bond donors (Lipinski definition) is 2. The molecule has 0 aromatic heterocycles. The maximum atomic E-state index is 12.9. The summed E-state index contributed by atoms with van der Waals surface area (Å²) >= 11 is 0. The van der Waals surface area contributed by atoms with Gasteiger partial charge in [0.25, 0.3) is 5.91 Å². The lowest BCUT2D eigenvalue weighted by molar-refractivity contribution is -0.147. The molecule has 0 radical (unpaired) electrons. The van der Waals surface area contributed by atoms with Gasteiger partial charge in [-0.15, -0.1) is 0 Å². The average molecular weight is 445 g/mol. The fourth-order valence-corrected chi connectivity index (χ4v) is 3.65. The second kappa shape index (κ2) is 10.4. The molecule has 2 amide bonds. The number of amides is 2. The second-order valence-electron chi connectivity index (χ2n) is 10.1. The van der Waals surface area contributed by atoms with Gasteiger partial charge in [0.15, 0.2) is 14.4 Å².